The first-order chi connectivity index (χ1) is 11.7. The van der Waals surface area contributed by atoms with Crippen molar-refractivity contribution in [1.82, 2.24) is 30.0 Å². The summed E-state index contributed by atoms with van der Waals surface area (Å²) in [6.45, 7) is 5.90. The second-order valence-electron chi connectivity index (χ2n) is 5.60. The van der Waals surface area contributed by atoms with Gasteiger partial charge >= 0.3 is 0 Å². The number of aryl methyl sites for hydroxylation is 2. The van der Waals surface area contributed by atoms with E-state index in [1.807, 2.05) is 0 Å². The minimum Gasteiger partial charge on any atom is -0.293 e. The summed E-state index contributed by atoms with van der Waals surface area (Å²) in [7, 11) is 0. The van der Waals surface area contributed by atoms with E-state index < -0.39 is 0 Å². The van der Waals surface area contributed by atoms with Crippen LogP contribution in [0.4, 0.5) is 0 Å². The van der Waals surface area contributed by atoms with Crippen LogP contribution < -0.4 is 0 Å². The van der Waals surface area contributed by atoms with Crippen molar-refractivity contribution in [2.24, 2.45) is 0 Å². The van der Waals surface area contributed by atoms with Crippen molar-refractivity contribution >= 4 is 23.1 Å². The Bertz CT molecular complexity index is 793. The third kappa shape index (κ3) is 3.73. The van der Waals surface area contributed by atoms with Gasteiger partial charge in [0.25, 0.3) is 0 Å². The van der Waals surface area contributed by atoms with E-state index in [-0.39, 0.29) is 45.9 Å². The summed E-state index contributed by atoms with van der Waals surface area (Å²) in [5.74, 6) is -1.28. The molecule has 0 N–H and O–H groups in total. The Morgan fingerprint density at radius 2 is 1.04 bits per heavy atom. The van der Waals surface area contributed by atoms with Crippen LogP contribution in [0, 0.1) is 0 Å². The molecule has 0 atom stereocenters. The molecular formula is C15H18N6O4. The highest BCUT2D eigenvalue weighted by atomic mass is 16.1. The molecule has 0 aliphatic carbocycles. The molecule has 0 saturated carbocycles. The first kappa shape index (κ1) is 18.3. The fourth-order valence-corrected chi connectivity index (χ4v) is 2.48. The van der Waals surface area contributed by atoms with Crippen LogP contribution in [0.2, 0.25) is 0 Å². The first-order valence-corrected chi connectivity index (χ1v) is 7.64. The predicted octanol–water partition coefficient (Wildman–Crippen LogP) is 0.770. The Labute approximate surface area is 143 Å². The second-order valence-corrected chi connectivity index (χ2v) is 5.60. The highest BCUT2D eigenvalue weighted by Crippen LogP contribution is 2.11. The SMILES string of the molecule is CC(=O)c1nnn(CCCn2nnc(C(C)=O)c2C(C)=O)c1C(C)=O. The van der Waals surface area contributed by atoms with Crippen LogP contribution in [0.3, 0.4) is 0 Å². The zero-order valence-corrected chi connectivity index (χ0v) is 14.4. The lowest BCUT2D eigenvalue weighted by molar-refractivity contribution is 0.0971. The number of carbonyl (C=O) groups is 4. The molecule has 10 heteroatoms. The molecule has 0 aromatic carbocycles. The van der Waals surface area contributed by atoms with E-state index in [4.69, 9.17) is 0 Å². The Morgan fingerprint density at radius 3 is 1.32 bits per heavy atom. The number of ketones is 4. The lowest BCUT2D eigenvalue weighted by atomic mass is 10.2. The molecule has 10 nitrogen and oxygen atoms in total. The number of aromatic nitrogens is 6. The van der Waals surface area contributed by atoms with Gasteiger partial charge in [-0.2, -0.15) is 0 Å². The quantitative estimate of drug-likeness (QED) is 0.641. The highest BCUT2D eigenvalue weighted by molar-refractivity contribution is 6.05. The Balaban J connectivity index is 2.17. The standard InChI is InChI=1S/C15H18N6O4/c1-8(22)12-14(10(3)24)20(18-16-12)6-5-7-21-15(11(4)25)13(9(2)23)17-19-21/h5-7H2,1-4H3. The van der Waals surface area contributed by atoms with Crippen molar-refractivity contribution in [3.05, 3.63) is 22.8 Å². The topological polar surface area (TPSA) is 130 Å². The van der Waals surface area contributed by atoms with Gasteiger partial charge in [-0.25, -0.2) is 9.36 Å². The van der Waals surface area contributed by atoms with Gasteiger partial charge in [0, 0.05) is 40.8 Å². The third-order valence-corrected chi connectivity index (χ3v) is 3.54. The Morgan fingerprint density at radius 1 is 0.680 bits per heavy atom. The number of nitrogens with zero attached hydrogens (tertiary/aromatic N) is 6. The second kappa shape index (κ2) is 7.24. The van der Waals surface area contributed by atoms with Crippen LogP contribution in [0.5, 0.6) is 0 Å². The van der Waals surface area contributed by atoms with Gasteiger partial charge < -0.3 is 0 Å². The zero-order valence-electron chi connectivity index (χ0n) is 14.4. The summed E-state index contributed by atoms with van der Waals surface area (Å²) < 4.78 is 2.71. The van der Waals surface area contributed by atoms with Gasteiger partial charge in [0.15, 0.2) is 34.5 Å². The molecule has 0 aliphatic heterocycles. The maximum atomic E-state index is 11.7. The highest BCUT2D eigenvalue weighted by Gasteiger charge is 2.22. The van der Waals surface area contributed by atoms with E-state index in [1.165, 1.54) is 37.1 Å². The van der Waals surface area contributed by atoms with E-state index in [0.29, 0.717) is 19.5 Å². The molecule has 0 bridgehead atoms. The molecular weight excluding hydrogens is 328 g/mol. The molecule has 0 amide bonds. The maximum absolute atomic E-state index is 11.7. The minimum atomic E-state index is -0.335. The summed E-state index contributed by atoms with van der Waals surface area (Å²) in [5.41, 5.74) is 0.387. The van der Waals surface area contributed by atoms with Crippen LogP contribution >= 0.6 is 0 Å². The number of carbonyl (C=O) groups excluding carboxylic acids is 4. The number of hydrogen-bond donors (Lipinski definition) is 0. The molecule has 0 fully saturated rings. The number of hydrogen-bond acceptors (Lipinski definition) is 8. The van der Waals surface area contributed by atoms with E-state index >= 15 is 0 Å². The molecule has 0 unspecified atom stereocenters. The normalized spacial score (nSPS) is 10.7. The van der Waals surface area contributed by atoms with Gasteiger partial charge in [0.05, 0.1) is 0 Å². The Kier molecular flexibility index (Phi) is 5.30. The molecule has 2 aromatic heterocycles. The molecule has 2 aromatic rings. The van der Waals surface area contributed by atoms with Gasteiger partial charge in [0.1, 0.15) is 11.4 Å². The largest absolute Gasteiger partial charge is 0.293 e. The van der Waals surface area contributed by atoms with Crippen LogP contribution in [0.1, 0.15) is 76.1 Å². The first-order valence-electron chi connectivity index (χ1n) is 7.64. The van der Waals surface area contributed by atoms with Crippen molar-refractivity contribution in [1.29, 1.82) is 0 Å². The molecule has 0 radical (unpaired) electrons. The summed E-state index contributed by atoms with van der Waals surface area (Å²) in [4.78, 5) is 46.5. The summed E-state index contributed by atoms with van der Waals surface area (Å²) in [6.07, 6.45) is 0.446. The molecule has 2 heterocycles. The maximum Gasteiger partial charge on any atom is 0.182 e. The average molecular weight is 346 g/mol. The molecule has 0 aliphatic rings. The molecule has 25 heavy (non-hydrogen) atoms. The molecule has 132 valence electrons. The smallest absolute Gasteiger partial charge is 0.182 e. The van der Waals surface area contributed by atoms with Gasteiger partial charge in [-0.3, -0.25) is 19.2 Å². The Hall–Kier alpha value is -3.04. The molecule has 0 saturated heterocycles. The van der Waals surface area contributed by atoms with Gasteiger partial charge in [-0.1, -0.05) is 10.4 Å². The summed E-state index contributed by atoms with van der Waals surface area (Å²) >= 11 is 0. The number of Topliss-reactive ketones (excluding diaryl/α,β-unsaturated/α-hetero) is 4. The average Bonchev–Trinajstić information content (AvgIpc) is 3.11. The van der Waals surface area contributed by atoms with Crippen LogP contribution in [-0.4, -0.2) is 53.1 Å². The van der Waals surface area contributed by atoms with E-state index in [1.54, 1.807) is 0 Å². The van der Waals surface area contributed by atoms with E-state index in [9.17, 15) is 19.2 Å². The fraction of sp³-hybridized carbons (Fsp3) is 0.467. The van der Waals surface area contributed by atoms with Crippen LogP contribution in [0.25, 0.3) is 0 Å². The van der Waals surface area contributed by atoms with Gasteiger partial charge in [-0.05, 0) is 6.42 Å². The van der Waals surface area contributed by atoms with Crippen LogP contribution in [-0.2, 0) is 13.1 Å². The van der Waals surface area contributed by atoms with Gasteiger partial charge in [0.2, 0.25) is 0 Å². The lowest BCUT2D eigenvalue weighted by Crippen LogP contribution is -2.15. The predicted molar refractivity (Wildman–Crippen MR) is 84.7 cm³/mol. The zero-order chi connectivity index (χ0) is 18.7. The fourth-order valence-electron chi connectivity index (χ4n) is 2.48. The van der Waals surface area contributed by atoms with E-state index in [0.717, 1.165) is 0 Å². The lowest BCUT2D eigenvalue weighted by Gasteiger charge is -2.06. The molecule has 2 rings (SSSR count). The van der Waals surface area contributed by atoms with Crippen molar-refractivity contribution in [3.8, 4) is 0 Å². The van der Waals surface area contributed by atoms with Crippen molar-refractivity contribution < 1.29 is 19.2 Å². The van der Waals surface area contributed by atoms with Crippen molar-refractivity contribution in [3.63, 3.8) is 0 Å². The van der Waals surface area contributed by atoms with Crippen molar-refractivity contribution in [2.75, 3.05) is 0 Å². The van der Waals surface area contributed by atoms with E-state index in [2.05, 4.69) is 20.6 Å². The third-order valence-electron chi connectivity index (χ3n) is 3.54. The molecule has 0 spiro atoms. The van der Waals surface area contributed by atoms with Crippen molar-refractivity contribution in [2.45, 2.75) is 47.2 Å². The van der Waals surface area contributed by atoms with Crippen LogP contribution in [0.15, 0.2) is 0 Å². The minimum absolute atomic E-state index is 0.0385. The monoisotopic (exact) mass is 346 g/mol. The summed E-state index contributed by atoms with van der Waals surface area (Å²) in [6, 6.07) is 0. The summed E-state index contributed by atoms with van der Waals surface area (Å²) in [5, 5.41) is 15.2. The van der Waals surface area contributed by atoms with Gasteiger partial charge in [-0.15, -0.1) is 10.2 Å². The number of rotatable bonds is 8.